The normalized spacial score (nSPS) is 16.7. The predicted molar refractivity (Wildman–Crippen MR) is 126 cm³/mol. The Morgan fingerprint density at radius 2 is 1.66 bits per heavy atom. The third-order valence-corrected chi connectivity index (χ3v) is 7.40. The lowest BCUT2D eigenvalue weighted by Crippen LogP contribution is -2.49. The number of fused-ring (bicyclic) bond motifs is 1. The number of amides is 1. The van der Waals surface area contributed by atoms with E-state index in [1.807, 2.05) is 55.5 Å². The van der Waals surface area contributed by atoms with Crippen LogP contribution in [0.3, 0.4) is 0 Å². The van der Waals surface area contributed by atoms with Gasteiger partial charge in [0.2, 0.25) is 15.9 Å². The van der Waals surface area contributed by atoms with Crippen molar-refractivity contribution in [1.82, 2.24) is 10.0 Å². The average Bonchev–Trinajstić information content (AvgIpc) is 2.80. The summed E-state index contributed by atoms with van der Waals surface area (Å²) in [6, 6.07) is 23.2. The van der Waals surface area contributed by atoms with Crippen LogP contribution in [0, 0.1) is 6.92 Å². The number of sulfonamides is 1. The van der Waals surface area contributed by atoms with E-state index < -0.39 is 16.1 Å². The van der Waals surface area contributed by atoms with Gasteiger partial charge in [0.1, 0.15) is 6.04 Å². The summed E-state index contributed by atoms with van der Waals surface area (Å²) in [5.74, 6) is -0.314. The van der Waals surface area contributed by atoms with Gasteiger partial charge in [0.15, 0.2) is 0 Å². The van der Waals surface area contributed by atoms with Crippen molar-refractivity contribution in [2.75, 3.05) is 0 Å². The Hall–Kier alpha value is -2.96. The Kier molecular flexibility index (Phi) is 6.72. The molecule has 3 aromatic rings. The van der Waals surface area contributed by atoms with Crippen LogP contribution in [0.2, 0.25) is 0 Å². The Balaban J connectivity index is 1.58. The Morgan fingerprint density at radius 3 is 2.41 bits per heavy atom. The molecule has 4 rings (SSSR count). The topological polar surface area (TPSA) is 75.3 Å². The Bertz CT molecular complexity index is 1180. The molecule has 0 aromatic heterocycles. The zero-order valence-corrected chi connectivity index (χ0v) is 18.9. The number of carbonyl (C=O) groups excluding carboxylic acids is 1. The summed E-state index contributed by atoms with van der Waals surface area (Å²) < 4.78 is 28.7. The van der Waals surface area contributed by atoms with E-state index in [1.54, 1.807) is 24.3 Å². The van der Waals surface area contributed by atoms with E-state index in [0.717, 1.165) is 36.0 Å². The van der Waals surface area contributed by atoms with Gasteiger partial charge in [-0.15, -0.1) is 0 Å². The Labute approximate surface area is 189 Å². The molecule has 0 unspecified atom stereocenters. The minimum Gasteiger partial charge on any atom is -0.348 e. The maximum absolute atomic E-state index is 13.4. The number of nitrogens with one attached hydrogen (secondary N) is 2. The molecule has 6 heteroatoms. The summed E-state index contributed by atoms with van der Waals surface area (Å²) in [6.45, 7) is 1.90. The molecule has 0 heterocycles. The first-order valence-corrected chi connectivity index (χ1v) is 12.4. The molecule has 166 valence electrons. The summed E-state index contributed by atoms with van der Waals surface area (Å²) in [7, 11) is -3.85. The van der Waals surface area contributed by atoms with Crippen molar-refractivity contribution in [3.8, 4) is 0 Å². The zero-order valence-electron chi connectivity index (χ0n) is 18.1. The van der Waals surface area contributed by atoms with Crippen LogP contribution in [-0.4, -0.2) is 20.4 Å². The van der Waals surface area contributed by atoms with Gasteiger partial charge in [-0.25, -0.2) is 8.42 Å². The molecule has 0 bridgehead atoms. The van der Waals surface area contributed by atoms with E-state index in [-0.39, 0.29) is 23.3 Å². The first-order valence-electron chi connectivity index (χ1n) is 10.9. The summed E-state index contributed by atoms with van der Waals surface area (Å²) in [5.41, 5.74) is 4.22. The van der Waals surface area contributed by atoms with E-state index in [4.69, 9.17) is 0 Å². The molecule has 0 radical (unpaired) electrons. The quantitative estimate of drug-likeness (QED) is 0.572. The van der Waals surface area contributed by atoms with E-state index >= 15 is 0 Å². The second kappa shape index (κ2) is 9.67. The van der Waals surface area contributed by atoms with Gasteiger partial charge in [0.25, 0.3) is 0 Å². The fourth-order valence-electron chi connectivity index (χ4n) is 4.19. The van der Waals surface area contributed by atoms with Crippen molar-refractivity contribution < 1.29 is 13.2 Å². The predicted octanol–water partition coefficient (Wildman–Crippen LogP) is 4.08. The lowest BCUT2D eigenvalue weighted by molar-refractivity contribution is -0.123. The third-order valence-electron chi connectivity index (χ3n) is 5.91. The SMILES string of the molecule is Cc1ccc(S(=O)(=O)N[C@H](Cc2ccccc2)C(=O)N[C@H]2CCCc3ccccc32)cc1. The van der Waals surface area contributed by atoms with Crippen molar-refractivity contribution >= 4 is 15.9 Å². The molecule has 0 saturated carbocycles. The summed E-state index contributed by atoms with van der Waals surface area (Å²) in [6.07, 6.45) is 3.09. The van der Waals surface area contributed by atoms with Crippen molar-refractivity contribution in [2.45, 2.75) is 49.6 Å². The van der Waals surface area contributed by atoms with Gasteiger partial charge in [-0.2, -0.15) is 4.72 Å². The zero-order chi connectivity index (χ0) is 22.6. The molecule has 1 aliphatic rings. The van der Waals surface area contributed by atoms with Crippen molar-refractivity contribution in [1.29, 1.82) is 0 Å². The summed E-state index contributed by atoms with van der Waals surface area (Å²) in [5, 5.41) is 3.11. The highest BCUT2D eigenvalue weighted by atomic mass is 32.2. The number of hydrogen-bond acceptors (Lipinski definition) is 3. The fourth-order valence-corrected chi connectivity index (χ4v) is 5.38. The maximum Gasteiger partial charge on any atom is 0.241 e. The van der Waals surface area contributed by atoms with Crippen LogP contribution >= 0.6 is 0 Å². The minimum atomic E-state index is -3.85. The largest absolute Gasteiger partial charge is 0.348 e. The van der Waals surface area contributed by atoms with Crippen molar-refractivity contribution in [3.05, 3.63) is 101 Å². The lowest BCUT2D eigenvalue weighted by Gasteiger charge is -2.28. The van der Waals surface area contributed by atoms with Gasteiger partial charge in [-0.1, -0.05) is 72.3 Å². The van der Waals surface area contributed by atoms with Gasteiger partial charge in [0, 0.05) is 0 Å². The maximum atomic E-state index is 13.4. The van der Waals surface area contributed by atoms with Crippen LogP contribution < -0.4 is 10.0 Å². The second-order valence-electron chi connectivity index (χ2n) is 8.33. The molecule has 1 amide bonds. The Morgan fingerprint density at radius 1 is 0.969 bits per heavy atom. The highest BCUT2D eigenvalue weighted by molar-refractivity contribution is 7.89. The molecule has 2 atom stereocenters. The highest BCUT2D eigenvalue weighted by Crippen LogP contribution is 2.29. The number of benzene rings is 3. The van der Waals surface area contributed by atoms with E-state index in [0.29, 0.717) is 0 Å². The molecule has 0 saturated heterocycles. The number of rotatable bonds is 7. The first-order chi connectivity index (χ1) is 15.4. The molecule has 2 N–H and O–H groups in total. The summed E-state index contributed by atoms with van der Waals surface area (Å²) >= 11 is 0. The molecule has 1 aliphatic carbocycles. The summed E-state index contributed by atoms with van der Waals surface area (Å²) in [4.78, 5) is 13.5. The van der Waals surface area contributed by atoms with Crippen LogP contribution in [0.4, 0.5) is 0 Å². The van der Waals surface area contributed by atoms with Gasteiger partial charge >= 0.3 is 0 Å². The molecule has 32 heavy (non-hydrogen) atoms. The standard InChI is InChI=1S/C26H28N2O3S/c1-19-14-16-22(17-15-19)32(30,31)28-25(18-20-8-3-2-4-9-20)26(29)27-24-13-7-11-21-10-5-6-12-23(21)24/h2-6,8-10,12,14-17,24-25,28H,7,11,13,18H2,1H3,(H,27,29)/t24-,25+/m0/s1. The van der Waals surface area contributed by atoms with Crippen LogP contribution in [0.5, 0.6) is 0 Å². The molecule has 0 fully saturated rings. The molecule has 3 aromatic carbocycles. The number of aryl methyl sites for hydroxylation is 2. The van der Waals surface area contributed by atoms with E-state index in [1.165, 1.54) is 5.56 Å². The average molecular weight is 449 g/mol. The second-order valence-corrected chi connectivity index (χ2v) is 10.0. The molecular formula is C26H28N2O3S. The van der Waals surface area contributed by atoms with Crippen LogP contribution in [-0.2, 0) is 27.7 Å². The van der Waals surface area contributed by atoms with Crippen molar-refractivity contribution in [3.63, 3.8) is 0 Å². The third kappa shape index (κ3) is 5.26. The number of carbonyl (C=O) groups is 1. The number of hydrogen-bond donors (Lipinski definition) is 2. The smallest absolute Gasteiger partial charge is 0.241 e. The van der Waals surface area contributed by atoms with Gasteiger partial charge in [-0.05, 0) is 61.4 Å². The first kappa shape index (κ1) is 22.2. The molecule has 5 nitrogen and oxygen atoms in total. The van der Waals surface area contributed by atoms with E-state index in [9.17, 15) is 13.2 Å². The molecule has 0 spiro atoms. The molecule has 0 aliphatic heterocycles. The van der Waals surface area contributed by atoms with Crippen molar-refractivity contribution in [2.24, 2.45) is 0 Å². The fraction of sp³-hybridized carbons (Fsp3) is 0.269. The van der Waals surface area contributed by atoms with Gasteiger partial charge in [-0.3, -0.25) is 4.79 Å². The van der Waals surface area contributed by atoms with Crippen LogP contribution in [0.1, 0.15) is 41.1 Å². The van der Waals surface area contributed by atoms with Gasteiger partial charge in [0.05, 0.1) is 10.9 Å². The highest BCUT2D eigenvalue weighted by Gasteiger charge is 2.29. The lowest BCUT2D eigenvalue weighted by atomic mass is 9.87. The van der Waals surface area contributed by atoms with Gasteiger partial charge < -0.3 is 5.32 Å². The minimum absolute atomic E-state index is 0.116. The molecular weight excluding hydrogens is 420 g/mol. The van der Waals surface area contributed by atoms with Crippen LogP contribution in [0.15, 0.2) is 83.8 Å². The van der Waals surface area contributed by atoms with E-state index in [2.05, 4.69) is 16.1 Å². The van der Waals surface area contributed by atoms with Crippen LogP contribution in [0.25, 0.3) is 0 Å². The monoisotopic (exact) mass is 448 g/mol.